The number of rotatable bonds is 7. The summed E-state index contributed by atoms with van der Waals surface area (Å²) in [7, 11) is -2.19. The number of piperidine rings is 1. The van der Waals surface area contributed by atoms with E-state index in [0.29, 0.717) is 30.1 Å². The van der Waals surface area contributed by atoms with Gasteiger partial charge in [0.2, 0.25) is 15.9 Å². The van der Waals surface area contributed by atoms with Crippen LogP contribution < -0.4 is 10.1 Å². The first-order chi connectivity index (χ1) is 14.4. The number of anilines is 1. The molecule has 0 bridgehead atoms. The molecule has 2 aromatic rings. The number of hydrogen-bond donors (Lipinski definition) is 1. The molecule has 0 radical (unpaired) electrons. The molecule has 6 nitrogen and oxygen atoms in total. The predicted octanol–water partition coefficient (Wildman–Crippen LogP) is 4.08. The van der Waals surface area contributed by atoms with Gasteiger partial charge in [0.15, 0.2) is 0 Å². The second kappa shape index (κ2) is 9.91. The summed E-state index contributed by atoms with van der Waals surface area (Å²) in [6.07, 6.45) is 6.70. The average molecular weight is 429 g/mol. The predicted molar refractivity (Wildman–Crippen MR) is 119 cm³/mol. The molecule has 1 aliphatic rings. The number of ether oxygens (including phenoxy) is 1. The Morgan fingerprint density at radius 1 is 1.10 bits per heavy atom. The van der Waals surface area contributed by atoms with Crippen LogP contribution in [-0.4, -0.2) is 38.8 Å². The van der Waals surface area contributed by atoms with Crippen LogP contribution in [0.3, 0.4) is 0 Å². The highest BCUT2D eigenvalue weighted by atomic mass is 32.2. The minimum atomic E-state index is -3.65. The van der Waals surface area contributed by atoms with Crippen LogP contribution >= 0.6 is 0 Å². The third kappa shape index (κ3) is 5.29. The Balaban J connectivity index is 1.77. The van der Waals surface area contributed by atoms with Crippen LogP contribution in [0.25, 0.3) is 6.08 Å². The minimum absolute atomic E-state index is 0.129. The summed E-state index contributed by atoms with van der Waals surface area (Å²) in [6.45, 7) is 3.11. The summed E-state index contributed by atoms with van der Waals surface area (Å²) < 4.78 is 33.0. The Morgan fingerprint density at radius 2 is 1.80 bits per heavy atom. The zero-order valence-electron chi connectivity index (χ0n) is 17.4. The molecule has 0 aliphatic carbocycles. The quantitative estimate of drug-likeness (QED) is 0.674. The van der Waals surface area contributed by atoms with E-state index < -0.39 is 10.0 Å². The lowest BCUT2D eigenvalue weighted by Gasteiger charge is -2.26. The second-order valence-electron chi connectivity index (χ2n) is 7.25. The van der Waals surface area contributed by atoms with Crippen LogP contribution in [0.1, 0.15) is 37.3 Å². The van der Waals surface area contributed by atoms with Crippen molar-refractivity contribution in [1.82, 2.24) is 4.31 Å². The van der Waals surface area contributed by atoms with Gasteiger partial charge in [-0.25, -0.2) is 8.42 Å². The van der Waals surface area contributed by atoms with Crippen molar-refractivity contribution in [2.24, 2.45) is 0 Å². The number of amides is 1. The Bertz CT molecular complexity index is 1010. The van der Waals surface area contributed by atoms with E-state index in [1.807, 2.05) is 24.3 Å². The Kier molecular flexibility index (Phi) is 7.29. The summed E-state index contributed by atoms with van der Waals surface area (Å²) in [4.78, 5) is 12.4. The Hall–Kier alpha value is -2.64. The summed E-state index contributed by atoms with van der Waals surface area (Å²) in [6, 6.07) is 12.6. The smallest absolute Gasteiger partial charge is 0.248 e. The highest BCUT2D eigenvalue weighted by molar-refractivity contribution is 7.89. The largest absolute Gasteiger partial charge is 0.495 e. The third-order valence-electron chi connectivity index (χ3n) is 5.18. The van der Waals surface area contributed by atoms with Crippen LogP contribution in [0.5, 0.6) is 5.75 Å². The van der Waals surface area contributed by atoms with Gasteiger partial charge in [0.05, 0.1) is 7.11 Å². The van der Waals surface area contributed by atoms with Crippen molar-refractivity contribution in [2.75, 3.05) is 25.5 Å². The molecular formula is C23H28N2O4S. The molecule has 0 unspecified atom stereocenters. The molecule has 1 N–H and O–H groups in total. The molecule has 1 amide bonds. The maximum atomic E-state index is 13.1. The van der Waals surface area contributed by atoms with Crippen molar-refractivity contribution >= 4 is 27.7 Å². The second-order valence-corrected chi connectivity index (χ2v) is 9.15. The average Bonchev–Trinajstić information content (AvgIpc) is 2.78. The summed E-state index contributed by atoms with van der Waals surface area (Å²) in [5, 5.41) is 2.81. The molecule has 1 saturated heterocycles. The van der Waals surface area contributed by atoms with Gasteiger partial charge in [-0.05, 0) is 60.7 Å². The molecule has 30 heavy (non-hydrogen) atoms. The van der Waals surface area contributed by atoms with E-state index in [4.69, 9.17) is 4.74 Å². The molecule has 0 aromatic heterocycles. The topological polar surface area (TPSA) is 75.7 Å². The molecule has 3 rings (SSSR count). The number of carbonyl (C=O) groups is 1. The van der Waals surface area contributed by atoms with Gasteiger partial charge in [-0.1, -0.05) is 31.5 Å². The number of benzene rings is 2. The lowest BCUT2D eigenvalue weighted by atomic mass is 10.1. The van der Waals surface area contributed by atoms with Gasteiger partial charge in [0.25, 0.3) is 0 Å². The van der Waals surface area contributed by atoms with E-state index in [1.54, 1.807) is 24.3 Å². The fourth-order valence-electron chi connectivity index (χ4n) is 3.42. The highest BCUT2D eigenvalue weighted by Crippen LogP contribution is 2.30. The van der Waals surface area contributed by atoms with Crippen molar-refractivity contribution in [3.05, 3.63) is 59.7 Å². The van der Waals surface area contributed by atoms with Gasteiger partial charge in [-0.3, -0.25) is 4.79 Å². The molecule has 2 aromatic carbocycles. The van der Waals surface area contributed by atoms with Crippen LogP contribution in [0.15, 0.2) is 53.4 Å². The van der Waals surface area contributed by atoms with Crippen molar-refractivity contribution in [1.29, 1.82) is 0 Å². The van der Waals surface area contributed by atoms with E-state index in [0.717, 1.165) is 25.7 Å². The van der Waals surface area contributed by atoms with Crippen LogP contribution in [-0.2, 0) is 21.2 Å². The highest BCUT2D eigenvalue weighted by Gasteiger charge is 2.28. The fraction of sp³-hybridized carbons (Fsp3) is 0.348. The number of nitrogens with one attached hydrogen (secondary N) is 1. The molecule has 160 valence electrons. The molecule has 7 heteroatoms. The minimum Gasteiger partial charge on any atom is -0.495 e. The van der Waals surface area contributed by atoms with Crippen molar-refractivity contribution in [2.45, 2.75) is 37.5 Å². The van der Waals surface area contributed by atoms with E-state index in [2.05, 4.69) is 12.2 Å². The molecule has 0 saturated carbocycles. The maximum absolute atomic E-state index is 13.1. The molecule has 0 spiro atoms. The van der Waals surface area contributed by atoms with Crippen molar-refractivity contribution < 1.29 is 17.9 Å². The number of aryl methyl sites for hydroxylation is 1. The SMILES string of the molecule is CCc1ccc(NC(=O)C=Cc2ccc(OC)c(S(=O)(=O)N3CCCCC3)c2)cc1. The van der Waals surface area contributed by atoms with Crippen molar-refractivity contribution in [3.8, 4) is 5.75 Å². The summed E-state index contributed by atoms with van der Waals surface area (Å²) in [5.41, 5.74) is 2.53. The van der Waals surface area contributed by atoms with Gasteiger partial charge in [-0.2, -0.15) is 4.31 Å². The van der Waals surface area contributed by atoms with Crippen LogP contribution in [0.2, 0.25) is 0 Å². The van der Waals surface area contributed by atoms with E-state index in [1.165, 1.54) is 23.1 Å². The lowest BCUT2D eigenvalue weighted by molar-refractivity contribution is -0.111. The molecular weight excluding hydrogens is 400 g/mol. The van der Waals surface area contributed by atoms with Gasteiger partial charge < -0.3 is 10.1 Å². The maximum Gasteiger partial charge on any atom is 0.248 e. The number of sulfonamides is 1. The number of carbonyl (C=O) groups excluding carboxylic acids is 1. The first kappa shape index (κ1) is 22.1. The number of nitrogens with zero attached hydrogens (tertiary/aromatic N) is 1. The van der Waals surface area contributed by atoms with Gasteiger partial charge >= 0.3 is 0 Å². The standard InChI is InChI=1S/C23H28N2O4S/c1-3-18-7-11-20(12-8-18)24-23(26)14-10-19-9-13-21(29-2)22(17-19)30(27,28)25-15-5-4-6-16-25/h7-14,17H,3-6,15-16H2,1-2H3,(H,24,26). The fourth-order valence-corrected chi connectivity index (χ4v) is 5.13. The Morgan fingerprint density at radius 3 is 2.43 bits per heavy atom. The first-order valence-corrected chi connectivity index (χ1v) is 11.6. The van der Waals surface area contributed by atoms with E-state index in [9.17, 15) is 13.2 Å². The molecule has 1 heterocycles. The lowest BCUT2D eigenvalue weighted by Crippen LogP contribution is -2.35. The molecule has 1 aliphatic heterocycles. The third-order valence-corrected chi connectivity index (χ3v) is 7.10. The van der Waals surface area contributed by atoms with E-state index in [-0.39, 0.29) is 10.8 Å². The zero-order valence-corrected chi connectivity index (χ0v) is 18.2. The van der Waals surface area contributed by atoms with Crippen molar-refractivity contribution in [3.63, 3.8) is 0 Å². The van der Waals surface area contributed by atoms with Gasteiger partial charge in [-0.15, -0.1) is 0 Å². The number of hydrogen-bond acceptors (Lipinski definition) is 4. The van der Waals surface area contributed by atoms with Crippen LogP contribution in [0, 0.1) is 0 Å². The summed E-state index contributed by atoms with van der Waals surface area (Å²) >= 11 is 0. The van der Waals surface area contributed by atoms with E-state index >= 15 is 0 Å². The van der Waals surface area contributed by atoms with Gasteiger partial charge in [0.1, 0.15) is 10.6 Å². The zero-order chi connectivity index (χ0) is 21.6. The van der Waals surface area contributed by atoms with Gasteiger partial charge in [0, 0.05) is 24.9 Å². The molecule has 1 fully saturated rings. The Labute approximate surface area is 178 Å². The number of methoxy groups -OCH3 is 1. The molecule has 0 atom stereocenters. The monoisotopic (exact) mass is 428 g/mol. The van der Waals surface area contributed by atoms with Crippen LogP contribution in [0.4, 0.5) is 5.69 Å². The first-order valence-electron chi connectivity index (χ1n) is 10.2. The normalized spacial score (nSPS) is 15.3. The summed E-state index contributed by atoms with van der Waals surface area (Å²) in [5.74, 6) is 0.0219.